The molecule has 0 fully saturated rings. The molecular formula is C21H27N3O4S. The molecule has 0 aromatic heterocycles. The van der Waals surface area contributed by atoms with E-state index in [0.29, 0.717) is 5.56 Å². The summed E-state index contributed by atoms with van der Waals surface area (Å²) in [6, 6.07) is 15.0. The Morgan fingerprint density at radius 1 is 0.966 bits per heavy atom. The van der Waals surface area contributed by atoms with Gasteiger partial charge in [0, 0.05) is 32.2 Å². The van der Waals surface area contributed by atoms with Crippen LogP contribution in [0.3, 0.4) is 0 Å². The Morgan fingerprint density at radius 2 is 1.55 bits per heavy atom. The number of amides is 2. The van der Waals surface area contributed by atoms with Crippen molar-refractivity contribution >= 4 is 21.8 Å². The number of hydrogen-bond acceptors (Lipinski definition) is 4. The fraction of sp³-hybridized carbons (Fsp3) is 0.333. The zero-order valence-corrected chi connectivity index (χ0v) is 17.9. The third-order valence-electron chi connectivity index (χ3n) is 4.60. The fourth-order valence-corrected chi connectivity index (χ4v) is 3.67. The molecule has 0 atom stereocenters. The third kappa shape index (κ3) is 5.88. The molecule has 1 N–H and O–H groups in total. The lowest BCUT2D eigenvalue weighted by Crippen LogP contribution is -2.38. The summed E-state index contributed by atoms with van der Waals surface area (Å²) in [5.74, 6) is -0.477. The molecule has 7 nitrogen and oxygen atoms in total. The van der Waals surface area contributed by atoms with Crippen molar-refractivity contribution in [2.75, 3.05) is 20.6 Å². The number of carbonyl (C=O) groups excluding carboxylic acids is 2. The maximum absolute atomic E-state index is 12.5. The summed E-state index contributed by atoms with van der Waals surface area (Å²) in [4.78, 5) is 26.2. The van der Waals surface area contributed by atoms with E-state index in [1.54, 1.807) is 54.4 Å². The van der Waals surface area contributed by atoms with E-state index in [0.717, 1.165) is 9.87 Å². The van der Waals surface area contributed by atoms with Crippen LogP contribution in [0.1, 0.15) is 29.8 Å². The van der Waals surface area contributed by atoms with Crippen molar-refractivity contribution in [1.29, 1.82) is 0 Å². The molecule has 0 bridgehead atoms. The highest BCUT2D eigenvalue weighted by Crippen LogP contribution is 2.13. The standard InChI is InChI=1S/C21H27N3O4S/c1-16(2)24(4)21(26)18-12-10-17(11-13-18)14-22-20(25)15-23(3)29(27,28)19-8-6-5-7-9-19/h5-13,16H,14-15H2,1-4H3,(H,22,25). The molecule has 0 aliphatic heterocycles. The van der Waals surface area contributed by atoms with Gasteiger partial charge in [0.05, 0.1) is 11.4 Å². The molecule has 0 saturated carbocycles. The molecule has 0 aliphatic rings. The first kappa shape index (κ1) is 22.6. The van der Waals surface area contributed by atoms with E-state index >= 15 is 0 Å². The Kier molecular flexibility index (Phi) is 7.53. The van der Waals surface area contributed by atoms with E-state index in [9.17, 15) is 18.0 Å². The fourth-order valence-electron chi connectivity index (χ4n) is 2.52. The van der Waals surface area contributed by atoms with Gasteiger partial charge in [-0.05, 0) is 43.7 Å². The molecule has 0 unspecified atom stereocenters. The van der Waals surface area contributed by atoms with Crippen molar-refractivity contribution in [3.05, 3.63) is 65.7 Å². The lowest BCUT2D eigenvalue weighted by Gasteiger charge is -2.21. The van der Waals surface area contributed by atoms with Gasteiger partial charge in [0.2, 0.25) is 15.9 Å². The number of benzene rings is 2. The van der Waals surface area contributed by atoms with Crippen LogP contribution in [0.25, 0.3) is 0 Å². The first-order valence-corrected chi connectivity index (χ1v) is 10.7. The van der Waals surface area contributed by atoms with Gasteiger partial charge < -0.3 is 10.2 Å². The molecular weight excluding hydrogens is 390 g/mol. The SMILES string of the molecule is CC(C)N(C)C(=O)c1ccc(CNC(=O)CN(C)S(=O)(=O)c2ccccc2)cc1. The summed E-state index contributed by atoms with van der Waals surface area (Å²) in [6.45, 7) is 3.84. The number of nitrogens with one attached hydrogen (secondary N) is 1. The van der Waals surface area contributed by atoms with Gasteiger partial charge in [-0.2, -0.15) is 4.31 Å². The van der Waals surface area contributed by atoms with Gasteiger partial charge in [-0.1, -0.05) is 30.3 Å². The maximum atomic E-state index is 12.5. The molecule has 156 valence electrons. The molecule has 0 heterocycles. The molecule has 0 aliphatic carbocycles. The van der Waals surface area contributed by atoms with E-state index < -0.39 is 15.9 Å². The van der Waals surface area contributed by atoms with Crippen LogP contribution in [0.4, 0.5) is 0 Å². The second-order valence-corrected chi connectivity index (χ2v) is 9.10. The van der Waals surface area contributed by atoms with E-state index in [1.165, 1.54) is 19.2 Å². The minimum atomic E-state index is -3.72. The molecule has 2 rings (SSSR count). The average Bonchev–Trinajstić information content (AvgIpc) is 2.72. The molecule has 0 saturated heterocycles. The number of hydrogen-bond donors (Lipinski definition) is 1. The zero-order chi connectivity index (χ0) is 21.6. The van der Waals surface area contributed by atoms with Crippen LogP contribution in [-0.4, -0.2) is 56.1 Å². The Hall–Kier alpha value is -2.71. The van der Waals surface area contributed by atoms with E-state index in [-0.39, 0.29) is 29.9 Å². The minimum absolute atomic E-state index is 0.0664. The van der Waals surface area contributed by atoms with Crippen molar-refractivity contribution in [2.45, 2.75) is 31.3 Å². The molecule has 29 heavy (non-hydrogen) atoms. The highest BCUT2D eigenvalue weighted by Gasteiger charge is 2.22. The summed E-state index contributed by atoms with van der Waals surface area (Å²) in [6.07, 6.45) is 0. The average molecular weight is 418 g/mol. The van der Waals surface area contributed by atoms with E-state index in [1.807, 2.05) is 13.8 Å². The highest BCUT2D eigenvalue weighted by molar-refractivity contribution is 7.89. The Morgan fingerprint density at radius 3 is 2.10 bits per heavy atom. The van der Waals surface area contributed by atoms with Gasteiger partial charge in [-0.3, -0.25) is 9.59 Å². The minimum Gasteiger partial charge on any atom is -0.351 e. The lowest BCUT2D eigenvalue weighted by molar-refractivity contribution is -0.121. The quantitative estimate of drug-likeness (QED) is 0.713. The maximum Gasteiger partial charge on any atom is 0.253 e. The highest BCUT2D eigenvalue weighted by atomic mass is 32.2. The number of nitrogens with zero attached hydrogens (tertiary/aromatic N) is 2. The Bertz CT molecular complexity index is 942. The van der Waals surface area contributed by atoms with Crippen LogP contribution in [0, 0.1) is 0 Å². The van der Waals surface area contributed by atoms with Gasteiger partial charge in [0.1, 0.15) is 0 Å². The number of carbonyl (C=O) groups is 2. The smallest absolute Gasteiger partial charge is 0.253 e. The third-order valence-corrected chi connectivity index (χ3v) is 6.42. The summed E-state index contributed by atoms with van der Waals surface area (Å²) in [5, 5.41) is 2.70. The predicted octanol–water partition coefficient (Wildman–Crippen LogP) is 2.10. The molecule has 8 heteroatoms. The van der Waals surface area contributed by atoms with Gasteiger partial charge in [0.25, 0.3) is 5.91 Å². The summed E-state index contributed by atoms with van der Waals surface area (Å²) >= 11 is 0. The van der Waals surface area contributed by atoms with Crippen LogP contribution in [0.5, 0.6) is 0 Å². The number of sulfonamides is 1. The monoisotopic (exact) mass is 417 g/mol. The number of likely N-dealkylation sites (N-methyl/N-ethyl adjacent to an activating group) is 1. The van der Waals surface area contributed by atoms with Crippen LogP contribution in [-0.2, 0) is 21.4 Å². The van der Waals surface area contributed by atoms with Crippen LogP contribution in [0.2, 0.25) is 0 Å². The summed E-state index contributed by atoms with van der Waals surface area (Å²) < 4.78 is 25.9. The van der Waals surface area contributed by atoms with Crippen molar-refractivity contribution in [3.63, 3.8) is 0 Å². The Balaban J connectivity index is 1.91. The largest absolute Gasteiger partial charge is 0.351 e. The van der Waals surface area contributed by atoms with Crippen LogP contribution < -0.4 is 5.32 Å². The lowest BCUT2D eigenvalue weighted by atomic mass is 10.1. The van der Waals surface area contributed by atoms with Crippen LogP contribution in [0.15, 0.2) is 59.5 Å². The van der Waals surface area contributed by atoms with Crippen molar-refractivity contribution in [2.24, 2.45) is 0 Å². The second kappa shape index (κ2) is 9.67. The second-order valence-electron chi connectivity index (χ2n) is 7.06. The first-order valence-electron chi connectivity index (χ1n) is 9.27. The van der Waals surface area contributed by atoms with Gasteiger partial charge in [0.15, 0.2) is 0 Å². The molecule has 0 spiro atoms. The van der Waals surface area contributed by atoms with Gasteiger partial charge in [-0.25, -0.2) is 8.42 Å². The molecule has 2 aromatic carbocycles. The predicted molar refractivity (Wildman–Crippen MR) is 112 cm³/mol. The van der Waals surface area contributed by atoms with E-state index in [4.69, 9.17) is 0 Å². The first-order chi connectivity index (χ1) is 13.6. The normalized spacial score (nSPS) is 11.5. The summed E-state index contributed by atoms with van der Waals surface area (Å²) in [7, 11) is -0.597. The van der Waals surface area contributed by atoms with Crippen molar-refractivity contribution in [1.82, 2.24) is 14.5 Å². The van der Waals surface area contributed by atoms with Gasteiger partial charge >= 0.3 is 0 Å². The number of rotatable bonds is 8. The topological polar surface area (TPSA) is 86.8 Å². The van der Waals surface area contributed by atoms with Crippen LogP contribution >= 0.6 is 0 Å². The van der Waals surface area contributed by atoms with Crippen molar-refractivity contribution in [3.8, 4) is 0 Å². The molecule has 2 amide bonds. The van der Waals surface area contributed by atoms with E-state index in [2.05, 4.69) is 5.32 Å². The Labute approximate surface area is 172 Å². The summed E-state index contributed by atoms with van der Waals surface area (Å²) in [5.41, 5.74) is 1.39. The molecule has 0 radical (unpaired) electrons. The zero-order valence-electron chi connectivity index (χ0n) is 17.1. The van der Waals surface area contributed by atoms with Gasteiger partial charge in [-0.15, -0.1) is 0 Å². The van der Waals surface area contributed by atoms with Crippen molar-refractivity contribution < 1.29 is 18.0 Å². The molecule has 2 aromatic rings.